The van der Waals surface area contributed by atoms with Gasteiger partial charge < -0.3 is 9.47 Å². The summed E-state index contributed by atoms with van der Waals surface area (Å²) in [6.45, 7) is 0. The molecule has 0 N–H and O–H groups in total. The van der Waals surface area contributed by atoms with Gasteiger partial charge in [-0.1, -0.05) is 6.07 Å². The molecule has 19 heavy (non-hydrogen) atoms. The van der Waals surface area contributed by atoms with Gasteiger partial charge in [0, 0.05) is 5.56 Å². The van der Waals surface area contributed by atoms with E-state index in [-0.39, 0.29) is 0 Å². The van der Waals surface area contributed by atoms with Gasteiger partial charge in [-0.05, 0) is 36.4 Å². The fourth-order valence-corrected chi connectivity index (χ4v) is 2.16. The Morgan fingerprint density at radius 1 is 0.947 bits per heavy atom. The number of hydrogen-bond donors (Lipinski definition) is 0. The Labute approximate surface area is 111 Å². The second-order valence-corrected chi connectivity index (χ2v) is 4.15. The van der Waals surface area contributed by atoms with Gasteiger partial charge in [0.1, 0.15) is 0 Å². The van der Waals surface area contributed by atoms with Gasteiger partial charge in [0.15, 0.2) is 11.5 Å². The van der Waals surface area contributed by atoms with Gasteiger partial charge in [0.2, 0.25) is 0 Å². The molecule has 96 valence electrons. The van der Waals surface area contributed by atoms with Crippen LogP contribution in [0.15, 0.2) is 48.7 Å². The maximum absolute atomic E-state index is 5.34. The summed E-state index contributed by atoms with van der Waals surface area (Å²) in [6.07, 6.45) is 1.79. The van der Waals surface area contributed by atoms with E-state index in [2.05, 4.69) is 5.10 Å². The molecule has 4 nitrogen and oxygen atoms in total. The topological polar surface area (TPSA) is 35.8 Å². The molecule has 0 atom stereocenters. The van der Waals surface area contributed by atoms with Crippen LogP contribution < -0.4 is 9.47 Å². The molecule has 0 aliphatic heterocycles. The predicted octanol–water partition coefficient (Wildman–Crippen LogP) is 3.02. The minimum Gasteiger partial charge on any atom is -0.493 e. The average Bonchev–Trinajstić information content (AvgIpc) is 2.94. The normalized spacial score (nSPS) is 10.6. The summed E-state index contributed by atoms with van der Waals surface area (Å²) in [6, 6.07) is 13.9. The summed E-state index contributed by atoms with van der Waals surface area (Å²) in [4.78, 5) is 0. The van der Waals surface area contributed by atoms with Crippen molar-refractivity contribution in [1.29, 1.82) is 0 Å². The van der Waals surface area contributed by atoms with E-state index in [0.29, 0.717) is 5.75 Å². The van der Waals surface area contributed by atoms with Crippen molar-refractivity contribution in [2.24, 2.45) is 0 Å². The zero-order chi connectivity index (χ0) is 13.2. The van der Waals surface area contributed by atoms with E-state index >= 15 is 0 Å². The lowest BCUT2D eigenvalue weighted by molar-refractivity contribution is 0.355. The SMILES string of the molecule is COc1ccc(-c2cccc3ccnn23)cc1OC. The van der Waals surface area contributed by atoms with E-state index in [1.54, 1.807) is 20.4 Å². The maximum atomic E-state index is 5.34. The Kier molecular flexibility index (Phi) is 2.83. The quantitative estimate of drug-likeness (QED) is 0.720. The van der Waals surface area contributed by atoms with Crippen LogP contribution in [0.5, 0.6) is 11.5 Å². The first-order valence-electron chi connectivity index (χ1n) is 5.98. The van der Waals surface area contributed by atoms with E-state index in [4.69, 9.17) is 9.47 Å². The van der Waals surface area contributed by atoms with Crippen molar-refractivity contribution in [2.75, 3.05) is 14.2 Å². The molecule has 0 spiro atoms. The van der Waals surface area contributed by atoms with Crippen molar-refractivity contribution in [1.82, 2.24) is 9.61 Å². The fourth-order valence-electron chi connectivity index (χ4n) is 2.16. The van der Waals surface area contributed by atoms with Gasteiger partial charge in [-0.3, -0.25) is 0 Å². The van der Waals surface area contributed by atoms with Crippen LogP contribution in [0.3, 0.4) is 0 Å². The number of methoxy groups -OCH3 is 2. The monoisotopic (exact) mass is 254 g/mol. The molecule has 0 aliphatic carbocycles. The van der Waals surface area contributed by atoms with Crippen LogP contribution in [0.25, 0.3) is 16.8 Å². The van der Waals surface area contributed by atoms with E-state index in [1.807, 2.05) is 47.0 Å². The molecule has 3 rings (SSSR count). The van der Waals surface area contributed by atoms with Gasteiger partial charge in [-0.2, -0.15) is 5.10 Å². The van der Waals surface area contributed by atoms with Crippen molar-refractivity contribution in [3.63, 3.8) is 0 Å². The van der Waals surface area contributed by atoms with Crippen molar-refractivity contribution < 1.29 is 9.47 Å². The summed E-state index contributed by atoms with van der Waals surface area (Å²) in [5, 5.41) is 4.34. The van der Waals surface area contributed by atoms with Crippen molar-refractivity contribution in [3.05, 3.63) is 48.7 Å². The van der Waals surface area contributed by atoms with Crippen LogP contribution in [0.4, 0.5) is 0 Å². The highest BCUT2D eigenvalue weighted by Crippen LogP contribution is 2.32. The largest absolute Gasteiger partial charge is 0.493 e. The smallest absolute Gasteiger partial charge is 0.161 e. The zero-order valence-corrected chi connectivity index (χ0v) is 10.8. The van der Waals surface area contributed by atoms with Gasteiger partial charge >= 0.3 is 0 Å². The highest BCUT2D eigenvalue weighted by atomic mass is 16.5. The Morgan fingerprint density at radius 2 is 1.79 bits per heavy atom. The zero-order valence-electron chi connectivity index (χ0n) is 10.8. The van der Waals surface area contributed by atoms with E-state index < -0.39 is 0 Å². The molecule has 0 fully saturated rings. The summed E-state index contributed by atoms with van der Waals surface area (Å²) < 4.78 is 12.5. The van der Waals surface area contributed by atoms with Crippen molar-refractivity contribution in [2.45, 2.75) is 0 Å². The molecule has 3 aromatic rings. The van der Waals surface area contributed by atoms with Crippen LogP contribution in [0.1, 0.15) is 0 Å². The number of rotatable bonds is 3. The summed E-state index contributed by atoms with van der Waals surface area (Å²) in [5.41, 5.74) is 3.11. The number of aromatic nitrogens is 2. The Bertz CT molecular complexity index is 719. The summed E-state index contributed by atoms with van der Waals surface area (Å²) >= 11 is 0. The first kappa shape index (κ1) is 11.6. The minimum atomic E-state index is 0.712. The second-order valence-electron chi connectivity index (χ2n) is 4.15. The van der Waals surface area contributed by atoms with Crippen LogP contribution in [-0.4, -0.2) is 23.8 Å². The molecular weight excluding hydrogens is 240 g/mol. The van der Waals surface area contributed by atoms with Crippen LogP contribution in [0.2, 0.25) is 0 Å². The molecule has 0 radical (unpaired) electrons. The van der Waals surface area contributed by atoms with E-state index in [9.17, 15) is 0 Å². The number of pyridine rings is 1. The molecule has 1 aromatic carbocycles. The predicted molar refractivity (Wildman–Crippen MR) is 73.7 cm³/mol. The molecule has 0 saturated heterocycles. The molecule has 2 aromatic heterocycles. The van der Waals surface area contributed by atoms with Crippen molar-refractivity contribution >= 4 is 5.52 Å². The first-order valence-corrected chi connectivity index (χ1v) is 5.98. The average molecular weight is 254 g/mol. The molecule has 0 aliphatic rings. The van der Waals surface area contributed by atoms with Crippen LogP contribution in [-0.2, 0) is 0 Å². The van der Waals surface area contributed by atoms with Gasteiger partial charge in [-0.25, -0.2) is 4.52 Å². The Hall–Kier alpha value is -2.49. The van der Waals surface area contributed by atoms with Gasteiger partial charge in [0.05, 0.1) is 31.6 Å². The summed E-state index contributed by atoms with van der Waals surface area (Å²) in [5.74, 6) is 1.43. The third-order valence-electron chi connectivity index (χ3n) is 3.10. The third kappa shape index (κ3) is 1.91. The lowest BCUT2D eigenvalue weighted by Crippen LogP contribution is -1.95. The number of fused-ring (bicyclic) bond motifs is 1. The minimum absolute atomic E-state index is 0.712. The summed E-state index contributed by atoms with van der Waals surface area (Å²) in [7, 11) is 3.27. The third-order valence-corrected chi connectivity index (χ3v) is 3.10. The second kappa shape index (κ2) is 4.65. The lowest BCUT2D eigenvalue weighted by atomic mass is 10.1. The van der Waals surface area contributed by atoms with Gasteiger partial charge in [0.25, 0.3) is 0 Å². The van der Waals surface area contributed by atoms with E-state index in [1.165, 1.54) is 0 Å². The van der Waals surface area contributed by atoms with E-state index in [0.717, 1.165) is 22.5 Å². The number of benzene rings is 1. The Balaban J connectivity index is 2.19. The molecule has 0 unspecified atom stereocenters. The molecule has 2 heterocycles. The molecule has 0 saturated carbocycles. The van der Waals surface area contributed by atoms with Crippen LogP contribution >= 0.6 is 0 Å². The van der Waals surface area contributed by atoms with Crippen LogP contribution in [0, 0.1) is 0 Å². The number of ether oxygens (including phenoxy) is 2. The highest BCUT2D eigenvalue weighted by molar-refractivity contribution is 5.67. The number of hydrogen-bond acceptors (Lipinski definition) is 3. The Morgan fingerprint density at radius 3 is 2.58 bits per heavy atom. The maximum Gasteiger partial charge on any atom is 0.161 e. The first-order chi connectivity index (χ1) is 9.33. The lowest BCUT2D eigenvalue weighted by Gasteiger charge is -2.10. The fraction of sp³-hybridized carbons (Fsp3) is 0.133. The molecule has 0 bridgehead atoms. The van der Waals surface area contributed by atoms with Gasteiger partial charge in [-0.15, -0.1) is 0 Å². The standard InChI is InChI=1S/C15H14N2O2/c1-18-14-7-6-11(10-15(14)19-2)13-5-3-4-12-8-9-16-17(12)13/h3-10H,1-2H3. The molecule has 0 amide bonds. The highest BCUT2D eigenvalue weighted by Gasteiger charge is 2.08. The number of nitrogens with zero attached hydrogens (tertiary/aromatic N) is 2. The molecule has 4 heteroatoms. The van der Waals surface area contributed by atoms with Crippen molar-refractivity contribution in [3.8, 4) is 22.8 Å². The molecular formula is C15H14N2O2.